The van der Waals surface area contributed by atoms with Gasteiger partial charge in [-0.3, -0.25) is 0 Å². The molecule has 1 heterocycles. The number of nitrogen functional groups attached to an aromatic ring is 1. The summed E-state index contributed by atoms with van der Waals surface area (Å²) >= 11 is 5.78. The Morgan fingerprint density at radius 2 is 2.25 bits per heavy atom. The zero-order valence-corrected chi connectivity index (χ0v) is 11.1. The van der Waals surface area contributed by atoms with E-state index in [0.717, 1.165) is 0 Å². The second-order valence-electron chi connectivity index (χ2n) is 3.94. The van der Waals surface area contributed by atoms with E-state index in [2.05, 4.69) is 4.98 Å². The highest BCUT2D eigenvalue weighted by Gasteiger charge is 2.11. The minimum Gasteiger partial charge on any atom is -0.457 e. The molecule has 0 saturated heterocycles. The van der Waals surface area contributed by atoms with Gasteiger partial charge in [0, 0.05) is 11.8 Å². The molecular formula is C14H10ClN3O2. The standard InChI is InChI=1S/C14H10ClN3O2/c15-11-4-3-9(6-12(11)17)14(19)20-8-10-2-1-5-18-13(10)7-16/h1-6H,8,17H2. The van der Waals surface area contributed by atoms with Crippen LogP contribution in [0.1, 0.15) is 21.6 Å². The highest BCUT2D eigenvalue weighted by Crippen LogP contribution is 2.20. The number of hydrogen-bond donors (Lipinski definition) is 1. The number of rotatable bonds is 3. The van der Waals surface area contributed by atoms with Gasteiger partial charge in [0.05, 0.1) is 16.3 Å². The fourth-order valence-electron chi connectivity index (χ4n) is 1.55. The third kappa shape index (κ3) is 3.05. The minimum absolute atomic E-state index is 0.0297. The maximum Gasteiger partial charge on any atom is 0.338 e. The van der Waals surface area contributed by atoms with Crippen molar-refractivity contribution in [1.82, 2.24) is 4.98 Å². The van der Waals surface area contributed by atoms with Crippen LogP contribution in [0.15, 0.2) is 36.5 Å². The molecule has 2 rings (SSSR count). The lowest BCUT2D eigenvalue weighted by atomic mass is 10.2. The molecule has 0 spiro atoms. The van der Waals surface area contributed by atoms with Crippen LogP contribution in [-0.2, 0) is 11.3 Å². The number of benzene rings is 1. The van der Waals surface area contributed by atoms with Gasteiger partial charge in [0.1, 0.15) is 18.4 Å². The van der Waals surface area contributed by atoms with Gasteiger partial charge in [-0.15, -0.1) is 0 Å². The van der Waals surface area contributed by atoms with Crippen molar-refractivity contribution in [3.8, 4) is 6.07 Å². The molecule has 0 unspecified atom stereocenters. The summed E-state index contributed by atoms with van der Waals surface area (Å²) in [7, 11) is 0. The molecule has 1 aromatic heterocycles. The van der Waals surface area contributed by atoms with Crippen LogP contribution in [0.4, 0.5) is 5.69 Å². The van der Waals surface area contributed by atoms with E-state index in [4.69, 9.17) is 27.3 Å². The molecule has 0 fully saturated rings. The number of carbonyl (C=O) groups is 1. The molecule has 20 heavy (non-hydrogen) atoms. The van der Waals surface area contributed by atoms with E-state index in [1.54, 1.807) is 12.1 Å². The van der Waals surface area contributed by atoms with Crippen LogP contribution >= 0.6 is 11.6 Å². The van der Waals surface area contributed by atoms with Crippen molar-refractivity contribution in [1.29, 1.82) is 5.26 Å². The van der Waals surface area contributed by atoms with E-state index in [0.29, 0.717) is 21.8 Å². The van der Waals surface area contributed by atoms with Gasteiger partial charge < -0.3 is 10.5 Å². The Kier molecular flexibility index (Phi) is 4.18. The third-order valence-electron chi connectivity index (χ3n) is 2.59. The third-order valence-corrected chi connectivity index (χ3v) is 2.93. The number of halogens is 1. The van der Waals surface area contributed by atoms with E-state index in [-0.39, 0.29) is 12.3 Å². The number of esters is 1. The number of nitriles is 1. The highest BCUT2D eigenvalue weighted by molar-refractivity contribution is 6.33. The number of nitrogens with zero attached hydrogens (tertiary/aromatic N) is 2. The van der Waals surface area contributed by atoms with E-state index in [1.165, 1.54) is 24.4 Å². The summed E-state index contributed by atoms with van der Waals surface area (Å²) < 4.78 is 5.12. The number of aromatic nitrogens is 1. The summed E-state index contributed by atoms with van der Waals surface area (Å²) in [6, 6.07) is 9.78. The number of nitrogens with two attached hydrogens (primary N) is 1. The fourth-order valence-corrected chi connectivity index (χ4v) is 1.67. The minimum atomic E-state index is -0.541. The Morgan fingerprint density at radius 3 is 2.95 bits per heavy atom. The molecule has 0 radical (unpaired) electrons. The first kappa shape index (κ1) is 13.8. The lowest BCUT2D eigenvalue weighted by Gasteiger charge is -2.07. The van der Waals surface area contributed by atoms with Gasteiger partial charge in [0.15, 0.2) is 0 Å². The molecule has 1 aromatic carbocycles. The molecule has 5 nitrogen and oxygen atoms in total. The van der Waals surface area contributed by atoms with Crippen LogP contribution in [0.5, 0.6) is 0 Å². The number of ether oxygens (including phenoxy) is 1. The van der Waals surface area contributed by atoms with Crippen LogP contribution in [-0.4, -0.2) is 11.0 Å². The van der Waals surface area contributed by atoms with Crippen molar-refractivity contribution in [3.05, 3.63) is 58.4 Å². The van der Waals surface area contributed by atoms with E-state index < -0.39 is 5.97 Å². The fraction of sp³-hybridized carbons (Fsp3) is 0.0714. The first-order chi connectivity index (χ1) is 9.61. The van der Waals surface area contributed by atoms with Crippen LogP contribution < -0.4 is 5.73 Å². The maximum absolute atomic E-state index is 11.9. The zero-order chi connectivity index (χ0) is 14.5. The number of anilines is 1. The molecule has 100 valence electrons. The molecule has 2 aromatic rings. The van der Waals surface area contributed by atoms with Crippen LogP contribution in [0, 0.1) is 11.3 Å². The SMILES string of the molecule is N#Cc1ncccc1COC(=O)c1ccc(Cl)c(N)c1. The second kappa shape index (κ2) is 6.04. The second-order valence-corrected chi connectivity index (χ2v) is 4.34. The van der Waals surface area contributed by atoms with Gasteiger partial charge in [-0.05, 0) is 24.3 Å². The molecule has 0 aliphatic carbocycles. The quantitative estimate of drug-likeness (QED) is 0.692. The van der Waals surface area contributed by atoms with Gasteiger partial charge in [-0.25, -0.2) is 9.78 Å². The average Bonchev–Trinajstić information content (AvgIpc) is 2.47. The zero-order valence-electron chi connectivity index (χ0n) is 10.3. The van der Waals surface area contributed by atoms with Crippen LogP contribution in [0.3, 0.4) is 0 Å². The monoisotopic (exact) mass is 287 g/mol. The maximum atomic E-state index is 11.9. The Morgan fingerprint density at radius 1 is 1.45 bits per heavy atom. The first-order valence-corrected chi connectivity index (χ1v) is 6.05. The summed E-state index contributed by atoms with van der Waals surface area (Å²) in [6.07, 6.45) is 1.50. The lowest BCUT2D eigenvalue weighted by molar-refractivity contribution is 0.0472. The summed E-state index contributed by atoms with van der Waals surface area (Å²) in [5.41, 5.74) is 7.00. The Labute approximate surface area is 120 Å². The Bertz CT molecular complexity index is 695. The molecule has 6 heteroatoms. The number of hydrogen-bond acceptors (Lipinski definition) is 5. The van der Waals surface area contributed by atoms with E-state index in [9.17, 15) is 4.79 Å². The predicted molar refractivity (Wildman–Crippen MR) is 73.9 cm³/mol. The van der Waals surface area contributed by atoms with Gasteiger partial charge in [0.2, 0.25) is 0 Å². The first-order valence-electron chi connectivity index (χ1n) is 5.68. The molecule has 0 atom stereocenters. The summed E-state index contributed by atoms with van der Waals surface area (Å²) in [5, 5.41) is 9.26. The van der Waals surface area contributed by atoms with Crippen molar-refractivity contribution in [2.45, 2.75) is 6.61 Å². The Hall–Kier alpha value is -2.58. The number of pyridine rings is 1. The molecule has 0 amide bonds. The molecule has 0 bridgehead atoms. The van der Waals surface area contributed by atoms with Gasteiger partial charge >= 0.3 is 5.97 Å². The number of carbonyl (C=O) groups excluding carboxylic acids is 1. The van der Waals surface area contributed by atoms with Gasteiger partial charge in [-0.2, -0.15) is 5.26 Å². The van der Waals surface area contributed by atoms with Crippen molar-refractivity contribution in [2.24, 2.45) is 0 Å². The van der Waals surface area contributed by atoms with Crippen molar-refractivity contribution in [2.75, 3.05) is 5.73 Å². The van der Waals surface area contributed by atoms with Gasteiger partial charge in [-0.1, -0.05) is 17.7 Å². The average molecular weight is 288 g/mol. The van der Waals surface area contributed by atoms with Crippen molar-refractivity contribution in [3.63, 3.8) is 0 Å². The predicted octanol–water partition coefficient (Wildman–Crippen LogP) is 2.55. The van der Waals surface area contributed by atoms with Crippen LogP contribution in [0.2, 0.25) is 5.02 Å². The molecule has 0 aliphatic heterocycles. The molecular weight excluding hydrogens is 278 g/mol. The van der Waals surface area contributed by atoms with Crippen molar-refractivity contribution < 1.29 is 9.53 Å². The van der Waals surface area contributed by atoms with E-state index >= 15 is 0 Å². The normalized spacial score (nSPS) is 9.80. The topological polar surface area (TPSA) is 89.0 Å². The van der Waals surface area contributed by atoms with Crippen LogP contribution in [0.25, 0.3) is 0 Å². The van der Waals surface area contributed by atoms with E-state index in [1.807, 2.05) is 6.07 Å². The molecule has 2 N–H and O–H groups in total. The Balaban J connectivity index is 2.09. The lowest BCUT2D eigenvalue weighted by Crippen LogP contribution is -2.07. The van der Waals surface area contributed by atoms with Crippen molar-refractivity contribution >= 4 is 23.3 Å². The smallest absolute Gasteiger partial charge is 0.338 e. The summed E-state index contributed by atoms with van der Waals surface area (Å²) in [5.74, 6) is -0.541. The largest absolute Gasteiger partial charge is 0.457 e. The molecule has 0 aliphatic rings. The summed E-state index contributed by atoms with van der Waals surface area (Å²) in [6.45, 7) is -0.0297. The molecule has 0 saturated carbocycles. The van der Waals surface area contributed by atoms with Gasteiger partial charge in [0.25, 0.3) is 0 Å². The summed E-state index contributed by atoms with van der Waals surface area (Å²) in [4.78, 5) is 15.7. The highest BCUT2D eigenvalue weighted by atomic mass is 35.5.